The summed E-state index contributed by atoms with van der Waals surface area (Å²) in [6.45, 7) is 8.55. The van der Waals surface area contributed by atoms with Crippen LogP contribution in [0.5, 0.6) is 0 Å². The van der Waals surface area contributed by atoms with Gasteiger partial charge in [0.1, 0.15) is 0 Å². The molecule has 0 aromatic carbocycles. The van der Waals surface area contributed by atoms with Crippen molar-refractivity contribution in [2.45, 2.75) is 51.8 Å². The Bertz CT molecular complexity index is 184. The summed E-state index contributed by atoms with van der Waals surface area (Å²) >= 11 is 0. The molecule has 15 heavy (non-hydrogen) atoms. The Hall–Kier alpha value is -0.120. The number of nitrogens with zero attached hydrogens (tertiary/aromatic N) is 1. The van der Waals surface area contributed by atoms with Crippen molar-refractivity contribution >= 4 is 0 Å². The second kappa shape index (κ2) is 5.83. The highest BCUT2D eigenvalue weighted by molar-refractivity contribution is 4.85. The van der Waals surface area contributed by atoms with Crippen molar-refractivity contribution in [2.24, 2.45) is 5.92 Å². The van der Waals surface area contributed by atoms with Gasteiger partial charge >= 0.3 is 0 Å². The van der Waals surface area contributed by atoms with Crippen molar-refractivity contribution in [1.29, 1.82) is 0 Å². The lowest BCUT2D eigenvalue weighted by atomic mass is 9.90. The SMILES string of the molecule is C[C@H](O)CCN[C@@H]1C[C@@H](C)N(C)C[C@H]1C. The zero-order chi connectivity index (χ0) is 11.4. The first-order valence-electron chi connectivity index (χ1n) is 6.12. The predicted octanol–water partition coefficient (Wildman–Crippen LogP) is 1.08. The summed E-state index contributed by atoms with van der Waals surface area (Å²) in [6, 6.07) is 1.29. The van der Waals surface area contributed by atoms with Gasteiger partial charge in [-0.3, -0.25) is 0 Å². The van der Waals surface area contributed by atoms with Crippen molar-refractivity contribution < 1.29 is 5.11 Å². The quantitative estimate of drug-likeness (QED) is 0.735. The summed E-state index contributed by atoms with van der Waals surface area (Å²) in [7, 11) is 2.20. The third kappa shape index (κ3) is 4.09. The molecule has 1 rings (SSSR count). The Kier molecular flexibility index (Phi) is 5.03. The molecule has 4 atom stereocenters. The topological polar surface area (TPSA) is 35.5 Å². The van der Waals surface area contributed by atoms with Crippen molar-refractivity contribution in [2.75, 3.05) is 20.1 Å². The highest BCUT2D eigenvalue weighted by atomic mass is 16.3. The average molecular weight is 214 g/mol. The Balaban J connectivity index is 2.28. The van der Waals surface area contributed by atoms with E-state index < -0.39 is 0 Å². The lowest BCUT2D eigenvalue weighted by molar-refractivity contribution is 0.117. The van der Waals surface area contributed by atoms with Crippen molar-refractivity contribution in [3.8, 4) is 0 Å². The number of nitrogens with one attached hydrogen (secondary N) is 1. The fourth-order valence-electron chi connectivity index (χ4n) is 2.30. The van der Waals surface area contributed by atoms with Crippen LogP contribution in [-0.4, -0.2) is 48.3 Å². The second-order valence-corrected chi connectivity index (χ2v) is 5.20. The summed E-state index contributed by atoms with van der Waals surface area (Å²) in [5.74, 6) is 0.709. The van der Waals surface area contributed by atoms with E-state index in [-0.39, 0.29) is 6.10 Å². The van der Waals surface area contributed by atoms with Crippen molar-refractivity contribution in [3.05, 3.63) is 0 Å². The molecular formula is C12H26N2O. The molecule has 1 fully saturated rings. The molecule has 2 N–H and O–H groups in total. The Morgan fingerprint density at radius 1 is 1.47 bits per heavy atom. The van der Waals surface area contributed by atoms with Gasteiger partial charge in [0, 0.05) is 18.6 Å². The van der Waals surface area contributed by atoms with Crippen LogP contribution in [0, 0.1) is 5.92 Å². The minimum atomic E-state index is -0.184. The maximum atomic E-state index is 9.19. The molecule has 0 bridgehead atoms. The minimum absolute atomic E-state index is 0.184. The highest BCUT2D eigenvalue weighted by Crippen LogP contribution is 2.20. The first kappa shape index (κ1) is 12.9. The van der Waals surface area contributed by atoms with Gasteiger partial charge in [-0.15, -0.1) is 0 Å². The molecule has 0 radical (unpaired) electrons. The van der Waals surface area contributed by atoms with E-state index in [1.165, 1.54) is 13.0 Å². The second-order valence-electron chi connectivity index (χ2n) is 5.20. The maximum Gasteiger partial charge on any atom is 0.0524 e. The van der Waals surface area contributed by atoms with Crippen LogP contribution in [0.1, 0.15) is 33.6 Å². The van der Waals surface area contributed by atoms with Gasteiger partial charge in [-0.05, 0) is 46.2 Å². The van der Waals surface area contributed by atoms with Gasteiger partial charge in [0.15, 0.2) is 0 Å². The number of aliphatic hydroxyl groups excluding tert-OH is 1. The lowest BCUT2D eigenvalue weighted by Crippen LogP contribution is -2.51. The van der Waals surface area contributed by atoms with E-state index in [0.29, 0.717) is 18.0 Å². The molecule has 0 aromatic rings. The van der Waals surface area contributed by atoms with Gasteiger partial charge in [0.25, 0.3) is 0 Å². The van der Waals surface area contributed by atoms with E-state index in [1.807, 2.05) is 6.92 Å². The van der Waals surface area contributed by atoms with E-state index in [0.717, 1.165) is 13.0 Å². The van der Waals surface area contributed by atoms with Gasteiger partial charge < -0.3 is 15.3 Å². The molecular weight excluding hydrogens is 188 g/mol. The summed E-state index contributed by atoms with van der Waals surface area (Å²) in [6.07, 6.45) is 1.89. The number of hydrogen-bond acceptors (Lipinski definition) is 3. The molecule has 3 heteroatoms. The van der Waals surface area contributed by atoms with Crippen LogP contribution in [0.25, 0.3) is 0 Å². The molecule has 1 aliphatic heterocycles. The minimum Gasteiger partial charge on any atom is -0.393 e. The lowest BCUT2D eigenvalue weighted by Gasteiger charge is -2.40. The van der Waals surface area contributed by atoms with Crippen LogP contribution >= 0.6 is 0 Å². The molecule has 0 aromatic heterocycles. The summed E-state index contributed by atoms with van der Waals surface area (Å²) in [5, 5.41) is 12.8. The van der Waals surface area contributed by atoms with Crippen LogP contribution in [-0.2, 0) is 0 Å². The number of rotatable bonds is 4. The van der Waals surface area contributed by atoms with Crippen LogP contribution in [0.3, 0.4) is 0 Å². The van der Waals surface area contributed by atoms with Crippen LogP contribution in [0.2, 0.25) is 0 Å². The number of hydrogen-bond donors (Lipinski definition) is 2. The van der Waals surface area contributed by atoms with Gasteiger partial charge in [0.2, 0.25) is 0 Å². The van der Waals surface area contributed by atoms with E-state index in [2.05, 4.69) is 31.1 Å². The first-order chi connectivity index (χ1) is 7.00. The smallest absolute Gasteiger partial charge is 0.0524 e. The Labute approximate surface area is 93.9 Å². The van der Waals surface area contributed by atoms with E-state index in [9.17, 15) is 5.11 Å². The van der Waals surface area contributed by atoms with Gasteiger partial charge in [-0.1, -0.05) is 6.92 Å². The summed E-state index contributed by atoms with van der Waals surface area (Å²) < 4.78 is 0. The van der Waals surface area contributed by atoms with Gasteiger partial charge in [-0.2, -0.15) is 0 Å². The van der Waals surface area contributed by atoms with E-state index in [1.54, 1.807) is 0 Å². The molecule has 1 saturated heterocycles. The molecule has 0 unspecified atom stereocenters. The number of likely N-dealkylation sites (tertiary alicyclic amines) is 1. The number of aliphatic hydroxyl groups is 1. The van der Waals surface area contributed by atoms with E-state index >= 15 is 0 Å². The van der Waals surface area contributed by atoms with E-state index in [4.69, 9.17) is 0 Å². The van der Waals surface area contributed by atoms with Crippen LogP contribution in [0.4, 0.5) is 0 Å². The zero-order valence-electron chi connectivity index (χ0n) is 10.5. The van der Waals surface area contributed by atoms with Crippen LogP contribution < -0.4 is 5.32 Å². The molecule has 3 nitrogen and oxygen atoms in total. The normalized spacial score (nSPS) is 35.4. The number of piperidine rings is 1. The first-order valence-corrected chi connectivity index (χ1v) is 6.12. The van der Waals surface area contributed by atoms with Crippen molar-refractivity contribution in [3.63, 3.8) is 0 Å². The molecule has 1 heterocycles. The van der Waals surface area contributed by atoms with Crippen LogP contribution in [0.15, 0.2) is 0 Å². The molecule has 0 saturated carbocycles. The third-order valence-corrected chi connectivity index (χ3v) is 3.58. The predicted molar refractivity (Wildman–Crippen MR) is 64.0 cm³/mol. The molecule has 1 aliphatic rings. The van der Waals surface area contributed by atoms with Crippen molar-refractivity contribution in [1.82, 2.24) is 10.2 Å². The molecule has 0 amide bonds. The van der Waals surface area contributed by atoms with Gasteiger partial charge in [0.05, 0.1) is 6.10 Å². The highest BCUT2D eigenvalue weighted by Gasteiger charge is 2.28. The van der Waals surface area contributed by atoms with Gasteiger partial charge in [-0.25, -0.2) is 0 Å². The maximum absolute atomic E-state index is 9.19. The fourth-order valence-corrected chi connectivity index (χ4v) is 2.30. The summed E-state index contributed by atoms with van der Waals surface area (Å²) in [5.41, 5.74) is 0. The Morgan fingerprint density at radius 3 is 2.73 bits per heavy atom. The monoisotopic (exact) mass is 214 g/mol. The molecule has 90 valence electrons. The zero-order valence-corrected chi connectivity index (χ0v) is 10.5. The molecule has 0 aliphatic carbocycles. The Morgan fingerprint density at radius 2 is 2.13 bits per heavy atom. The summed E-state index contributed by atoms with van der Waals surface area (Å²) in [4.78, 5) is 2.43. The standard InChI is InChI=1S/C12H26N2O/c1-9-8-14(4)10(2)7-12(9)13-6-5-11(3)15/h9-13,15H,5-8H2,1-4H3/t9-,10-,11+,12-/m1/s1. The molecule has 0 spiro atoms. The fraction of sp³-hybridized carbons (Fsp3) is 1.00. The largest absolute Gasteiger partial charge is 0.393 e. The average Bonchev–Trinajstić information content (AvgIpc) is 2.13. The third-order valence-electron chi connectivity index (χ3n) is 3.58.